The van der Waals surface area contributed by atoms with E-state index in [1.807, 2.05) is 6.92 Å². The van der Waals surface area contributed by atoms with E-state index in [9.17, 15) is 4.79 Å². The van der Waals surface area contributed by atoms with E-state index >= 15 is 0 Å². The molecule has 3 unspecified atom stereocenters. The minimum Gasteiger partial charge on any atom is -0.379 e. The lowest BCUT2D eigenvalue weighted by atomic mass is 10.0. The van der Waals surface area contributed by atoms with Gasteiger partial charge in [-0.3, -0.25) is 4.79 Å². The molecule has 2 rings (SSSR count). The van der Waals surface area contributed by atoms with Gasteiger partial charge in [-0.05, 0) is 19.8 Å². The van der Waals surface area contributed by atoms with E-state index in [1.165, 1.54) is 0 Å². The predicted molar refractivity (Wildman–Crippen MR) is 58.9 cm³/mol. The Morgan fingerprint density at radius 3 is 2.94 bits per heavy atom. The van der Waals surface area contributed by atoms with Crippen LogP contribution in [-0.4, -0.2) is 43.9 Å². The van der Waals surface area contributed by atoms with Crippen LogP contribution in [0.1, 0.15) is 19.8 Å². The molecule has 0 aromatic heterocycles. The molecule has 2 heterocycles. The summed E-state index contributed by atoms with van der Waals surface area (Å²) in [5, 5.41) is 2.91. The van der Waals surface area contributed by atoms with Gasteiger partial charge in [0.1, 0.15) is 0 Å². The van der Waals surface area contributed by atoms with Crippen molar-refractivity contribution in [3.05, 3.63) is 0 Å². The summed E-state index contributed by atoms with van der Waals surface area (Å²) in [6.07, 6.45) is 2.07. The highest BCUT2D eigenvalue weighted by molar-refractivity contribution is 5.79. The number of carbonyl (C=O) groups excluding carboxylic acids is 1. The molecule has 0 spiro atoms. The monoisotopic (exact) mass is 228 g/mol. The smallest absolute Gasteiger partial charge is 0.227 e. The van der Waals surface area contributed by atoms with Gasteiger partial charge in [0.25, 0.3) is 0 Å². The summed E-state index contributed by atoms with van der Waals surface area (Å²) in [4.78, 5) is 11.8. The molecule has 0 bridgehead atoms. The molecule has 2 saturated heterocycles. The average molecular weight is 228 g/mol. The van der Waals surface area contributed by atoms with Gasteiger partial charge in [-0.15, -0.1) is 0 Å². The maximum Gasteiger partial charge on any atom is 0.227 e. The van der Waals surface area contributed by atoms with Crippen LogP contribution in [0.2, 0.25) is 0 Å². The van der Waals surface area contributed by atoms with Gasteiger partial charge in [0.2, 0.25) is 5.91 Å². The lowest BCUT2D eigenvalue weighted by molar-refractivity contribution is -0.126. The molecule has 2 fully saturated rings. The van der Waals surface area contributed by atoms with Gasteiger partial charge in [0, 0.05) is 19.2 Å². The first-order chi connectivity index (χ1) is 7.61. The number of nitrogens with one attached hydrogen (secondary N) is 1. The zero-order chi connectivity index (χ0) is 11.6. The first kappa shape index (κ1) is 11.8. The van der Waals surface area contributed by atoms with Crippen LogP contribution in [0.15, 0.2) is 0 Å². The SMILES string of the molecule is CC1(CNC(=O)C2COCC2N)CCCO1. The maximum absolute atomic E-state index is 11.8. The first-order valence-electron chi connectivity index (χ1n) is 5.86. The van der Waals surface area contributed by atoms with E-state index in [2.05, 4.69) is 5.32 Å². The summed E-state index contributed by atoms with van der Waals surface area (Å²) in [5.74, 6) is -0.216. The Balaban J connectivity index is 1.79. The van der Waals surface area contributed by atoms with E-state index < -0.39 is 0 Å². The van der Waals surface area contributed by atoms with E-state index in [-0.39, 0.29) is 23.5 Å². The predicted octanol–water partition coefficient (Wildman–Crippen LogP) is -0.355. The zero-order valence-electron chi connectivity index (χ0n) is 9.70. The Labute approximate surface area is 95.7 Å². The molecule has 0 saturated carbocycles. The zero-order valence-corrected chi connectivity index (χ0v) is 9.70. The lowest BCUT2D eigenvalue weighted by Gasteiger charge is -2.24. The highest BCUT2D eigenvalue weighted by Crippen LogP contribution is 2.24. The maximum atomic E-state index is 11.8. The van der Waals surface area contributed by atoms with Crippen LogP contribution < -0.4 is 11.1 Å². The number of nitrogens with two attached hydrogens (primary N) is 1. The van der Waals surface area contributed by atoms with Crippen molar-refractivity contribution in [3.63, 3.8) is 0 Å². The minimum absolute atomic E-state index is 0.0123. The van der Waals surface area contributed by atoms with Crippen molar-refractivity contribution in [1.82, 2.24) is 5.32 Å². The van der Waals surface area contributed by atoms with E-state index in [0.29, 0.717) is 19.8 Å². The summed E-state index contributed by atoms with van der Waals surface area (Å²) >= 11 is 0. The molecule has 16 heavy (non-hydrogen) atoms. The summed E-state index contributed by atoms with van der Waals surface area (Å²) in [5.41, 5.74) is 5.58. The Morgan fingerprint density at radius 2 is 2.38 bits per heavy atom. The minimum atomic E-state index is -0.204. The fraction of sp³-hybridized carbons (Fsp3) is 0.909. The molecule has 1 amide bonds. The quantitative estimate of drug-likeness (QED) is 0.692. The second-order valence-corrected chi connectivity index (χ2v) is 4.93. The number of hydrogen-bond donors (Lipinski definition) is 2. The van der Waals surface area contributed by atoms with Gasteiger partial charge in [0.05, 0.1) is 24.7 Å². The van der Waals surface area contributed by atoms with Crippen LogP contribution in [0.4, 0.5) is 0 Å². The summed E-state index contributed by atoms with van der Waals surface area (Å²) in [6, 6.07) is -0.169. The summed E-state index contributed by atoms with van der Waals surface area (Å²) in [6.45, 7) is 4.30. The number of ether oxygens (including phenoxy) is 2. The average Bonchev–Trinajstić information content (AvgIpc) is 2.85. The number of carbonyl (C=O) groups is 1. The molecule has 2 aliphatic heterocycles. The van der Waals surface area contributed by atoms with Gasteiger partial charge in [-0.1, -0.05) is 0 Å². The molecule has 0 aliphatic carbocycles. The summed E-state index contributed by atoms with van der Waals surface area (Å²) in [7, 11) is 0. The molecular formula is C11H20N2O3. The highest BCUT2D eigenvalue weighted by Gasteiger charge is 2.34. The van der Waals surface area contributed by atoms with Gasteiger partial charge in [-0.2, -0.15) is 0 Å². The first-order valence-corrected chi connectivity index (χ1v) is 5.86. The fourth-order valence-corrected chi connectivity index (χ4v) is 2.22. The molecular weight excluding hydrogens is 208 g/mol. The molecule has 5 heteroatoms. The molecule has 3 atom stereocenters. The van der Waals surface area contributed by atoms with Crippen molar-refractivity contribution >= 4 is 5.91 Å². The largest absolute Gasteiger partial charge is 0.379 e. The van der Waals surface area contributed by atoms with E-state index in [4.69, 9.17) is 15.2 Å². The van der Waals surface area contributed by atoms with Gasteiger partial charge in [0.15, 0.2) is 0 Å². The molecule has 92 valence electrons. The summed E-state index contributed by atoms with van der Waals surface area (Å²) < 4.78 is 10.8. The van der Waals surface area contributed by atoms with Crippen LogP contribution in [-0.2, 0) is 14.3 Å². The van der Waals surface area contributed by atoms with Gasteiger partial charge >= 0.3 is 0 Å². The van der Waals surface area contributed by atoms with Crippen molar-refractivity contribution in [3.8, 4) is 0 Å². The topological polar surface area (TPSA) is 73.6 Å². The fourth-order valence-electron chi connectivity index (χ4n) is 2.22. The third-order valence-corrected chi connectivity index (χ3v) is 3.40. The Hall–Kier alpha value is -0.650. The van der Waals surface area contributed by atoms with Crippen molar-refractivity contribution < 1.29 is 14.3 Å². The number of hydrogen-bond acceptors (Lipinski definition) is 4. The van der Waals surface area contributed by atoms with Crippen LogP contribution in [0.3, 0.4) is 0 Å². The normalized spacial score (nSPS) is 38.9. The Kier molecular flexibility index (Phi) is 3.47. The van der Waals surface area contributed by atoms with Gasteiger partial charge < -0.3 is 20.5 Å². The Morgan fingerprint density at radius 1 is 1.56 bits per heavy atom. The third-order valence-electron chi connectivity index (χ3n) is 3.40. The van der Waals surface area contributed by atoms with E-state index in [1.54, 1.807) is 0 Å². The standard InChI is InChI=1S/C11H20N2O3/c1-11(3-2-4-16-11)7-13-10(14)8-5-15-6-9(8)12/h8-9H,2-7,12H2,1H3,(H,13,14). The number of amides is 1. The van der Waals surface area contributed by atoms with Crippen molar-refractivity contribution in [2.24, 2.45) is 11.7 Å². The van der Waals surface area contributed by atoms with Crippen LogP contribution in [0.25, 0.3) is 0 Å². The highest BCUT2D eigenvalue weighted by atomic mass is 16.5. The molecule has 5 nitrogen and oxygen atoms in total. The van der Waals surface area contributed by atoms with Crippen molar-refractivity contribution in [2.45, 2.75) is 31.4 Å². The van der Waals surface area contributed by atoms with Crippen LogP contribution in [0.5, 0.6) is 0 Å². The number of rotatable bonds is 3. The van der Waals surface area contributed by atoms with Crippen molar-refractivity contribution in [2.75, 3.05) is 26.4 Å². The third kappa shape index (κ3) is 2.53. The lowest BCUT2D eigenvalue weighted by Crippen LogP contribution is -2.46. The van der Waals surface area contributed by atoms with Crippen LogP contribution >= 0.6 is 0 Å². The molecule has 0 aromatic rings. The van der Waals surface area contributed by atoms with Crippen molar-refractivity contribution in [1.29, 1.82) is 0 Å². The molecule has 3 N–H and O–H groups in total. The molecule has 0 aromatic carbocycles. The van der Waals surface area contributed by atoms with E-state index in [0.717, 1.165) is 19.4 Å². The second-order valence-electron chi connectivity index (χ2n) is 4.93. The second kappa shape index (κ2) is 4.69. The molecule has 0 radical (unpaired) electrons. The van der Waals surface area contributed by atoms with Gasteiger partial charge in [-0.25, -0.2) is 0 Å². The van der Waals surface area contributed by atoms with Crippen LogP contribution in [0, 0.1) is 5.92 Å². The molecule has 2 aliphatic rings. The Bertz CT molecular complexity index is 264.